The molecule has 0 saturated heterocycles. The van der Waals surface area contributed by atoms with Gasteiger partial charge in [-0.05, 0) is 27.7 Å². The van der Waals surface area contributed by atoms with E-state index in [1.807, 2.05) is 13.8 Å². The van der Waals surface area contributed by atoms with Gasteiger partial charge in [-0.2, -0.15) is 0 Å². The quantitative estimate of drug-likeness (QED) is 0.566. The van der Waals surface area contributed by atoms with Crippen molar-refractivity contribution in [3.63, 3.8) is 0 Å². The highest BCUT2D eigenvalue weighted by Crippen LogP contribution is 1.96. The number of hydrogen-bond acceptors (Lipinski definition) is 1. The summed E-state index contributed by atoms with van der Waals surface area (Å²) in [6.45, 7) is 9.71. The van der Waals surface area contributed by atoms with Crippen molar-refractivity contribution in [3.05, 3.63) is 23.3 Å². The topological polar surface area (TPSA) is 9.23 Å². The van der Waals surface area contributed by atoms with Crippen LogP contribution >= 0.6 is 0 Å². The van der Waals surface area contributed by atoms with Crippen LogP contribution in [0.5, 0.6) is 0 Å². The molecule has 0 aliphatic heterocycles. The van der Waals surface area contributed by atoms with Crippen LogP contribution in [0.1, 0.15) is 27.7 Å². The van der Waals surface area contributed by atoms with Crippen LogP contribution in [0.25, 0.3) is 0 Å². The van der Waals surface area contributed by atoms with E-state index in [-0.39, 0.29) is 0 Å². The maximum Gasteiger partial charge on any atom is 0.0678 e. The molecule has 64 valence electrons. The lowest BCUT2D eigenvalue weighted by Crippen LogP contribution is -1.98. The molecule has 0 aliphatic rings. The third kappa shape index (κ3) is 5.86. The second-order valence-electron chi connectivity index (χ2n) is 2.76. The SMILES string of the molecule is C/C=C(\C)COC/C(C)=C/C. The van der Waals surface area contributed by atoms with Crippen LogP contribution < -0.4 is 0 Å². The van der Waals surface area contributed by atoms with Crippen LogP contribution in [0.2, 0.25) is 0 Å². The Kier molecular flexibility index (Phi) is 5.86. The van der Waals surface area contributed by atoms with Crippen molar-refractivity contribution in [2.24, 2.45) is 0 Å². The monoisotopic (exact) mass is 154 g/mol. The predicted molar refractivity (Wildman–Crippen MR) is 49.7 cm³/mol. The first-order chi connectivity index (χ1) is 5.20. The van der Waals surface area contributed by atoms with E-state index in [1.165, 1.54) is 11.1 Å². The molecule has 0 heterocycles. The normalized spacial score (nSPS) is 13.8. The Bertz CT molecular complexity index is 136. The Morgan fingerprint density at radius 2 is 1.36 bits per heavy atom. The van der Waals surface area contributed by atoms with Crippen LogP contribution in [-0.2, 0) is 4.74 Å². The van der Waals surface area contributed by atoms with Gasteiger partial charge in [-0.25, -0.2) is 0 Å². The second-order valence-corrected chi connectivity index (χ2v) is 2.76. The molecule has 0 fully saturated rings. The van der Waals surface area contributed by atoms with Crippen molar-refractivity contribution in [1.29, 1.82) is 0 Å². The molecule has 0 aromatic heterocycles. The van der Waals surface area contributed by atoms with E-state index in [4.69, 9.17) is 4.74 Å². The number of ether oxygens (including phenoxy) is 1. The second kappa shape index (κ2) is 6.17. The fraction of sp³-hybridized carbons (Fsp3) is 0.600. The first-order valence-corrected chi connectivity index (χ1v) is 4.02. The maximum absolute atomic E-state index is 5.40. The molecule has 0 aromatic rings. The van der Waals surface area contributed by atoms with Crippen molar-refractivity contribution in [2.75, 3.05) is 13.2 Å². The molecule has 0 atom stereocenters. The van der Waals surface area contributed by atoms with Gasteiger partial charge in [-0.15, -0.1) is 0 Å². The highest BCUT2D eigenvalue weighted by molar-refractivity contribution is 4.98. The predicted octanol–water partition coefficient (Wildman–Crippen LogP) is 2.94. The molecule has 11 heavy (non-hydrogen) atoms. The zero-order valence-electron chi connectivity index (χ0n) is 7.98. The van der Waals surface area contributed by atoms with Gasteiger partial charge in [0.1, 0.15) is 0 Å². The number of hydrogen-bond donors (Lipinski definition) is 0. The van der Waals surface area contributed by atoms with Gasteiger partial charge in [0.15, 0.2) is 0 Å². The highest BCUT2D eigenvalue weighted by Gasteiger charge is 1.89. The Morgan fingerprint density at radius 1 is 1.00 bits per heavy atom. The molecule has 1 heteroatoms. The Hall–Kier alpha value is -0.560. The minimum absolute atomic E-state index is 0.752. The third-order valence-corrected chi connectivity index (χ3v) is 1.65. The van der Waals surface area contributed by atoms with Crippen molar-refractivity contribution in [1.82, 2.24) is 0 Å². The summed E-state index contributed by atoms with van der Waals surface area (Å²) in [5.41, 5.74) is 2.57. The van der Waals surface area contributed by atoms with E-state index in [0.717, 1.165) is 13.2 Å². The van der Waals surface area contributed by atoms with Crippen molar-refractivity contribution >= 4 is 0 Å². The van der Waals surface area contributed by atoms with Crippen LogP contribution in [0, 0.1) is 0 Å². The lowest BCUT2D eigenvalue weighted by molar-refractivity contribution is 0.180. The van der Waals surface area contributed by atoms with Crippen LogP contribution in [0.3, 0.4) is 0 Å². The van der Waals surface area contributed by atoms with Crippen molar-refractivity contribution in [2.45, 2.75) is 27.7 Å². The molecular formula is C10H18O. The Balaban J connectivity index is 3.43. The number of allylic oxidation sites excluding steroid dienone is 2. The third-order valence-electron chi connectivity index (χ3n) is 1.65. The molecule has 0 aromatic carbocycles. The van der Waals surface area contributed by atoms with Crippen LogP contribution in [0.4, 0.5) is 0 Å². The van der Waals surface area contributed by atoms with Gasteiger partial charge in [-0.1, -0.05) is 23.3 Å². The summed E-state index contributed by atoms with van der Waals surface area (Å²) in [5, 5.41) is 0. The smallest absolute Gasteiger partial charge is 0.0678 e. The van der Waals surface area contributed by atoms with Crippen LogP contribution in [-0.4, -0.2) is 13.2 Å². The lowest BCUT2D eigenvalue weighted by atomic mass is 10.3. The number of rotatable bonds is 4. The largest absolute Gasteiger partial charge is 0.373 e. The highest BCUT2D eigenvalue weighted by atomic mass is 16.5. The van der Waals surface area contributed by atoms with Gasteiger partial charge in [0, 0.05) is 0 Å². The van der Waals surface area contributed by atoms with E-state index in [0.29, 0.717) is 0 Å². The standard InChI is InChI=1S/C10H18O/c1-5-9(3)7-11-8-10(4)6-2/h5-6H,7-8H2,1-4H3/b9-5+,10-6+. The summed E-state index contributed by atoms with van der Waals surface area (Å²) >= 11 is 0. The van der Waals surface area contributed by atoms with Crippen LogP contribution in [0.15, 0.2) is 23.3 Å². The molecule has 0 N–H and O–H groups in total. The Morgan fingerprint density at radius 3 is 1.64 bits per heavy atom. The van der Waals surface area contributed by atoms with Gasteiger partial charge in [0.05, 0.1) is 13.2 Å². The summed E-state index contributed by atoms with van der Waals surface area (Å²) in [4.78, 5) is 0. The molecule has 0 aliphatic carbocycles. The first kappa shape index (κ1) is 10.4. The van der Waals surface area contributed by atoms with Gasteiger partial charge in [-0.3, -0.25) is 0 Å². The van der Waals surface area contributed by atoms with E-state index in [2.05, 4.69) is 26.0 Å². The molecule has 0 saturated carbocycles. The summed E-state index contributed by atoms with van der Waals surface area (Å²) in [5.74, 6) is 0. The molecule has 0 bridgehead atoms. The van der Waals surface area contributed by atoms with E-state index in [1.54, 1.807) is 0 Å². The summed E-state index contributed by atoms with van der Waals surface area (Å²) in [7, 11) is 0. The van der Waals surface area contributed by atoms with E-state index in [9.17, 15) is 0 Å². The average molecular weight is 154 g/mol. The van der Waals surface area contributed by atoms with Crippen molar-refractivity contribution in [3.8, 4) is 0 Å². The molecule has 0 spiro atoms. The molecule has 1 nitrogen and oxygen atoms in total. The lowest BCUT2D eigenvalue weighted by Gasteiger charge is -2.03. The fourth-order valence-corrected chi connectivity index (χ4v) is 0.540. The first-order valence-electron chi connectivity index (χ1n) is 4.02. The van der Waals surface area contributed by atoms with Gasteiger partial charge >= 0.3 is 0 Å². The van der Waals surface area contributed by atoms with E-state index >= 15 is 0 Å². The van der Waals surface area contributed by atoms with Gasteiger partial charge in [0.25, 0.3) is 0 Å². The van der Waals surface area contributed by atoms with Gasteiger partial charge in [0.2, 0.25) is 0 Å². The molecule has 0 rings (SSSR count). The van der Waals surface area contributed by atoms with E-state index < -0.39 is 0 Å². The molecular weight excluding hydrogens is 136 g/mol. The fourth-order valence-electron chi connectivity index (χ4n) is 0.540. The minimum atomic E-state index is 0.752. The summed E-state index contributed by atoms with van der Waals surface area (Å²) in [6, 6.07) is 0. The Labute approximate surface area is 69.8 Å². The maximum atomic E-state index is 5.40. The summed E-state index contributed by atoms with van der Waals surface area (Å²) < 4.78 is 5.40. The average Bonchev–Trinajstić information content (AvgIpc) is 2.04. The molecule has 0 amide bonds. The molecule has 0 unspecified atom stereocenters. The zero-order valence-corrected chi connectivity index (χ0v) is 7.98. The zero-order chi connectivity index (χ0) is 8.69. The molecule has 0 radical (unpaired) electrons. The minimum Gasteiger partial charge on any atom is -0.373 e. The van der Waals surface area contributed by atoms with Crippen molar-refractivity contribution < 1.29 is 4.74 Å². The van der Waals surface area contributed by atoms with Gasteiger partial charge < -0.3 is 4.74 Å². The summed E-state index contributed by atoms with van der Waals surface area (Å²) in [6.07, 6.45) is 4.15.